The van der Waals surface area contributed by atoms with Crippen molar-refractivity contribution in [1.82, 2.24) is 0 Å². The minimum absolute atomic E-state index is 0.0831. The standard InChI is InChI=1S/C20H24N2O5S2/c1-13-11-19(14(2)10-18(13)27-3)29(25,26)21-15-4-5-17(16(12-15)20(23)24)22-6-8-28-9-7-22/h4-5,10-12,21H,6-9H2,1-3H3,(H,23,24). The van der Waals surface area contributed by atoms with E-state index in [9.17, 15) is 18.3 Å². The minimum Gasteiger partial charge on any atom is -0.496 e. The van der Waals surface area contributed by atoms with E-state index in [0.717, 1.165) is 24.6 Å². The van der Waals surface area contributed by atoms with E-state index in [-0.39, 0.29) is 16.1 Å². The van der Waals surface area contributed by atoms with Gasteiger partial charge in [-0.3, -0.25) is 4.72 Å². The van der Waals surface area contributed by atoms with Gasteiger partial charge in [-0.25, -0.2) is 13.2 Å². The molecule has 0 bridgehead atoms. The minimum atomic E-state index is -3.89. The second-order valence-corrected chi connectivity index (χ2v) is 9.70. The Bertz CT molecular complexity index is 1030. The van der Waals surface area contributed by atoms with Gasteiger partial charge in [0.15, 0.2) is 0 Å². The van der Waals surface area contributed by atoms with Crippen LogP contribution in [0.25, 0.3) is 0 Å². The number of carboxylic acid groups (broad SMARTS) is 1. The maximum Gasteiger partial charge on any atom is 0.337 e. The lowest BCUT2D eigenvalue weighted by Gasteiger charge is -2.29. The van der Waals surface area contributed by atoms with Gasteiger partial charge in [-0.2, -0.15) is 11.8 Å². The fraction of sp³-hybridized carbons (Fsp3) is 0.350. The Balaban J connectivity index is 1.94. The van der Waals surface area contributed by atoms with Gasteiger partial charge in [0, 0.05) is 30.3 Å². The molecule has 3 rings (SSSR count). The molecule has 2 aromatic rings. The van der Waals surface area contributed by atoms with Crippen LogP contribution in [0.15, 0.2) is 35.2 Å². The van der Waals surface area contributed by atoms with Crippen LogP contribution in [0.4, 0.5) is 11.4 Å². The van der Waals surface area contributed by atoms with Crippen LogP contribution in [0, 0.1) is 13.8 Å². The number of hydrogen-bond donors (Lipinski definition) is 2. The number of sulfonamides is 1. The van der Waals surface area contributed by atoms with Crippen molar-refractivity contribution in [2.75, 3.05) is 41.3 Å². The number of thioether (sulfide) groups is 1. The molecule has 0 spiro atoms. The van der Waals surface area contributed by atoms with Crippen molar-refractivity contribution < 1.29 is 23.1 Å². The average molecular weight is 437 g/mol. The smallest absolute Gasteiger partial charge is 0.337 e. The van der Waals surface area contributed by atoms with Crippen molar-refractivity contribution in [1.29, 1.82) is 0 Å². The van der Waals surface area contributed by atoms with Gasteiger partial charge in [0.2, 0.25) is 0 Å². The number of aryl methyl sites for hydroxylation is 2. The molecule has 0 amide bonds. The van der Waals surface area contributed by atoms with Crippen molar-refractivity contribution in [2.24, 2.45) is 0 Å². The Morgan fingerprint density at radius 1 is 1.14 bits per heavy atom. The second-order valence-electron chi connectivity index (χ2n) is 6.83. The zero-order valence-electron chi connectivity index (χ0n) is 16.6. The first-order chi connectivity index (χ1) is 13.7. The number of nitrogens with zero attached hydrogens (tertiary/aromatic N) is 1. The summed E-state index contributed by atoms with van der Waals surface area (Å²) >= 11 is 1.83. The van der Waals surface area contributed by atoms with Crippen molar-refractivity contribution in [3.05, 3.63) is 47.0 Å². The molecule has 29 heavy (non-hydrogen) atoms. The number of ether oxygens (including phenoxy) is 1. The summed E-state index contributed by atoms with van der Waals surface area (Å²) < 4.78 is 33.6. The van der Waals surface area contributed by atoms with E-state index >= 15 is 0 Å². The summed E-state index contributed by atoms with van der Waals surface area (Å²) in [5.41, 5.74) is 2.14. The molecule has 156 valence electrons. The Morgan fingerprint density at radius 3 is 2.45 bits per heavy atom. The molecule has 0 atom stereocenters. The van der Waals surface area contributed by atoms with Crippen LogP contribution in [0.1, 0.15) is 21.5 Å². The summed E-state index contributed by atoms with van der Waals surface area (Å²) in [4.78, 5) is 14.0. The number of anilines is 2. The molecule has 0 saturated carbocycles. The number of carboxylic acids is 1. The van der Waals surface area contributed by atoms with Gasteiger partial charge in [-0.1, -0.05) is 0 Å². The van der Waals surface area contributed by atoms with Crippen LogP contribution >= 0.6 is 11.8 Å². The average Bonchev–Trinajstić information content (AvgIpc) is 2.69. The quantitative estimate of drug-likeness (QED) is 0.717. The summed E-state index contributed by atoms with van der Waals surface area (Å²) in [6.45, 7) is 4.99. The van der Waals surface area contributed by atoms with E-state index in [2.05, 4.69) is 4.72 Å². The number of benzene rings is 2. The van der Waals surface area contributed by atoms with E-state index in [4.69, 9.17) is 4.74 Å². The fourth-order valence-electron chi connectivity index (χ4n) is 3.33. The molecule has 1 aliphatic heterocycles. The van der Waals surface area contributed by atoms with Crippen LogP contribution in [0.2, 0.25) is 0 Å². The van der Waals surface area contributed by atoms with Gasteiger partial charge in [0.1, 0.15) is 5.75 Å². The molecule has 1 heterocycles. The monoisotopic (exact) mass is 436 g/mol. The van der Waals surface area contributed by atoms with E-state index in [1.807, 2.05) is 16.7 Å². The molecule has 9 heteroatoms. The summed E-state index contributed by atoms with van der Waals surface area (Å²) in [6.07, 6.45) is 0. The Labute approximate surface area is 175 Å². The molecule has 1 aliphatic rings. The van der Waals surface area contributed by atoms with E-state index in [0.29, 0.717) is 22.6 Å². The molecule has 2 N–H and O–H groups in total. The molecule has 0 aliphatic carbocycles. The lowest BCUT2D eigenvalue weighted by Crippen LogP contribution is -2.33. The molecule has 0 aromatic heterocycles. The second kappa shape index (κ2) is 8.54. The highest BCUT2D eigenvalue weighted by Crippen LogP contribution is 2.30. The lowest BCUT2D eigenvalue weighted by molar-refractivity contribution is 0.0697. The van der Waals surface area contributed by atoms with Crippen LogP contribution < -0.4 is 14.4 Å². The first-order valence-electron chi connectivity index (χ1n) is 9.11. The topological polar surface area (TPSA) is 95.9 Å². The number of methoxy groups -OCH3 is 1. The van der Waals surface area contributed by atoms with Crippen LogP contribution in [-0.2, 0) is 10.0 Å². The highest BCUT2D eigenvalue weighted by molar-refractivity contribution is 7.99. The molecule has 7 nitrogen and oxygen atoms in total. The Morgan fingerprint density at radius 2 is 1.83 bits per heavy atom. The Hall–Kier alpha value is -2.39. The van der Waals surface area contributed by atoms with Gasteiger partial charge >= 0.3 is 5.97 Å². The molecule has 2 aromatic carbocycles. The first-order valence-corrected chi connectivity index (χ1v) is 11.7. The number of hydrogen-bond acceptors (Lipinski definition) is 6. The molecule has 0 radical (unpaired) electrons. The predicted octanol–water partition coefficient (Wildman–Crippen LogP) is 3.36. The maximum absolute atomic E-state index is 12.9. The van der Waals surface area contributed by atoms with Gasteiger partial charge in [0.25, 0.3) is 10.0 Å². The maximum atomic E-state index is 12.9. The third-order valence-corrected chi connectivity index (χ3v) is 7.28. The Kier molecular flexibility index (Phi) is 6.28. The molecular formula is C20H24N2O5S2. The van der Waals surface area contributed by atoms with Gasteiger partial charge in [0.05, 0.1) is 23.3 Å². The number of rotatable bonds is 6. The van der Waals surface area contributed by atoms with Gasteiger partial charge < -0.3 is 14.7 Å². The highest BCUT2D eigenvalue weighted by atomic mass is 32.2. The number of aromatic carboxylic acids is 1. The SMILES string of the molecule is COc1cc(C)c(S(=O)(=O)Nc2ccc(N3CCSCC3)c(C(=O)O)c2)cc1C. The summed E-state index contributed by atoms with van der Waals surface area (Å²) in [7, 11) is -2.36. The van der Waals surface area contributed by atoms with Crippen LogP contribution in [0.5, 0.6) is 5.75 Å². The summed E-state index contributed by atoms with van der Waals surface area (Å²) in [5.74, 6) is 1.39. The van der Waals surface area contributed by atoms with Crippen molar-refractivity contribution in [3.63, 3.8) is 0 Å². The first kappa shape index (κ1) is 21.3. The zero-order valence-corrected chi connectivity index (χ0v) is 18.2. The van der Waals surface area contributed by atoms with Crippen LogP contribution in [-0.4, -0.2) is 51.2 Å². The molecule has 1 fully saturated rings. The third kappa shape index (κ3) is 4.62. The van der Waals surface area contributed by atoms with Crippen molar-refractivity contribution in [2.45, 2.75) is 18.7 Å². The number of nitrogens with one attached hydrogen (secondary N) is 1. The third-order valence-electron chi connectivity index (χ3n) is 4.81. The molecular weight excluding hydrogens is 412 g/mol. The van der Waals surface area contributed by atoms with Gasteiger partial charge in [-0.05, 0) is 55.3 Å². The zero-order chi connectivity index (χ0) is 21.2. The highest BCUT2D eigenvalue weighted by Gasteiger charge is 2.22. The lowest BCUT2D eigenvalue weighted by atomic mass is 10.1. The van der Waals surface area contributed by atoms with Gasteiger partial charge in [-0.15, -0.1) is 0 Å². The summed E-state index contributed by atoms with van der Waals surface area (Å²) in [6, 6.07) is 7.87. The fourth-order valence-corrected chi connectivity index (χ4v) is 5.60. The molecule has 0 unspecified atom stereocenters. The van der Waals surface area contributed by atoms with Crippen molar-refractivity contribution in [3.8, 4) is 5.75 Å². The van der Waals surface area contributed by atoms with E-state index < -0.39 is 16.0 Å². The van der Waals surface area contributed by atoms with Crippen LogP contribution in [0.3, 0.4) is 0 Å². The normalized spacial score (nSPS) is 14.5. The van der Waals surface area contributed by atoms with E-state index in [1.54, 1.807) is 38.1 Å². The van der Waals surface area contributed by atoms with Crippen molar-refractivity contribution >= 4 is 39.1 Å². The van der Waals surface area contributed by atoms with E-state index in [1.165, 1.54) is 13.2 Å². The molecule has 1 saturated heterocycles. The largest absolute Gasteiger partial charge is 0.496 e. The number of carbonyl (C=O) groups is 1. The predicted molar refractivity (Wildman–Crippen MR) is 116 cm³/mol. The summed E-state index contributed by atoms with van der Waals surface area (Å²) in [5, 5.41) is 9.65.